The molecule has 0 spiro atoms. The summed E-state index contributed by atoms with van der Waals surface area (Å²) >= 11 is 0. The molecule has 1 aromatic rings. The molecule has 1 aliphatic carbocycles. The Hall–Kier alpha value is -1.53. The van der Waals surface area contributed by atoms with Gasteiger partial charge in [0, 0.05) is 12.0 Å². The average Bonchev–Trinajstić information content (AvgIpc) is 2.98. The molecule has 1 saturated heterocycles. The SMILES string of the molecule is CC(C)(C)OC(=O)NCC1(C)CCc2cc(B3OC(C)(C)C(C)(C)O3)ccc21. The molecule has 1 amide bonds. The Morgan fingerprint density at radius 1 is 1.14 bits per heavy atom. The van der Waals surface area contributed by atoms with Crippen molar-refractivity contribution in [2.24, 2.45) is 0 Å². The summed E-state index contributed by atoms with van der Waals surface area (Å²) < 4.78 is 17.8. The summed E-state index contributed by atoms with van der Waals surface area (Å²) in [4.78, 5) is 12.1. The van der Waals surface area contributed by atoms with Crippen molar-refractivity contribution in [1.29, 1.82) is 0 Å². The number of rotatable bonds is 3. The molecule has 1 N–H and O–H groups in total. The molecule has 154 valence electrons. The molecule has 5 nitrogen and oxygen atoms in total. The second kappa shape index (κ2) is 6.77. The lowest BCUT2D eigenvalue weighted by molar-refractivity contribution is 0.00578. The van der Waals surface area contributed by atoms with Gasteiger partial charge in [-0.1, -0.05) is 25.1 Å². The van der Waals surface area contributed by atoms with Gasteiger partial charge in [-0.15, -0.1) is 0 Å². The van der Waals surface area contributed by atoms with E-state index in [9.17, 15) is 4.79 Å². The number of carbonyl (C=O) groups is 1. The van der Waals surface area contributed by atoms with E-state index < -0.39 is 5.60 Å². The van der Waals surface area contributed by atoms with Crippen molar-refractivity contribution in [3.05, 3.63) is 29.3 Å². The van der Waals surface area contributed by atoms with Crippen LogP contribution in [0.1, 0.15) is 72.9 Å². The smallest absolute Gasteiger partial charge is 0.444 e. The van der Waals surface area contributed by atoms with Crippen LogP contribution >= 0.6 is 0 Å². The van der Waals surface area contributed by atoms with Gasteiger partial charge in [0.05, 0.1) is 11.2 Å². The Balaban J connectivity index is 1.72. The van der Waals surface area contributed by atoms with Crippen molar-refractivity contribution < 1.29 is 18.8 Å². The normalized spacial score (nSPS) is 25.5. The number of nitrogens with one attached hydrogen (secondary N) is 1. The third kappa shape index (κ3) is 4.08. The summed E-state index contributed by atoms with van der Waals surface area (Å²) in [6, 6.07) is 6.47. The first-order valence-electron chi connectivity index (χ1n) is 10.2. The van der Waals surface area contributed by atoms with E-state index in [4.69, 9.17) is 14.0 Å². The van der Waals surface area contributed by atoms with Gasteiger partial charge in [-0.05, 0) is 77.9 Å². The molecular formula is C22H34BNO4. The number of benzene rings is 1. The summed E-state index contributed by atoms with van der Waals surface area (Å²) in [5.41, 5.74) is 2.37. The predicted molar refractivity (Wildman–Crippen MR) is 112 cm³/mol. The second-order valence-electron chi connectivity index (χ2n) is 10.4. The third-order valence-corrected chi connectivity index (χ3v) is 6.27. The number of aryl methyl sites for hydroxylation is 1. The largest absolute Gasteiger partial charge is 0.494 e. The van der Waals surface area contributed by atoms with E-state index in [1.807, 2.05) is 20.8 Å². The summed E-state index contributed by atoms with van der Waals surface area (Å²) in [5.74, 6) is 0. The zero-order chi connectivity index (χ0) is 21.0. The van der Waals surface area contributed by atoms with Crippen molar-refractivity contribution in [3.8, 4) is 0 Å². The van der Waals surface area contributed by atoms with Gasteiger partial charge < -0.3 is 19.4 Å². The molecule has 1 atom stereocenters. The highest BCUT2D eigenvalue weighted by Gasteiger charge is 2.52. The summed E-state index contributed by atoms with van der Waals surface area (Å²) in [7, 11) is -0.345. The number of hydrogen-bond acceptors (Lipinski definition) is 4. The predicted octanol–water partition coefficient (Wildman–Crippen LogP) is 3.71. The number of hydrogen-bond donors (Lipinski definition) is 1. The molecule has 1 unspecified atom stereocenters. The zero-order valence-corrected chi connectivity index (χ0v) is 18.6. The molecule has 1 fully saturated rings. The maximum Gasteiger partial charge on any atom is 0.494 e. The minimum atomic E-state index is -0.490. The Kier molecular flexibility index (Phi) is 5.12. The van der Waals surface area contributed by atoms with Gasteiger partial charge in [0.15, 0.2) is 0 Å². The topological polar surface area (TPSA) is 56.8 Å². The van der Waals surface area contributed by atoms with Crippen LogP contribution in [-0.2, 0) is 25.9 Å². The Labute approximate surface area is 169 Å². The van der Waals surface area contributed by atoms with Gasteiger partial charge in [0.25, 0.3) is 0 Å². The van der Waals surface area contributed by atoms with Crippen LogP contribution in [0.5, 0.6) is 0 Å². The fraction of sp³-hybridized carbons (Fsp3) is 0.682. The lowest BCUT2D eigenvalue weighted by Gasteiger charge is -2.32. The van der Waals surface area contributed by atoms with Crippen LogP contribution in [-0.4, -0.2) is 36.6 Å². The van der Waals surface area contributed by atoms with Crippen molar-refractivity contribution >= 4 is 18.7 Å². The van der Waals surface area contributed by atoms with Crippen LogP contribution < -0.4 is 10.8 Å². The van der Waals surface area contributed by atoms with E-state index in [1.54, 1.807) is 0 Å². The van der Waals surface area contributed by atoms with E-state index in [2.05, 4.69) is 58.1 Å². The molecular weight excluding hydrogens is 353 g/mol. The van der Waals surface area contributed by atoms with E-state index >= 15 is 0 Å². The molecule has 0 bridgehead atoms. The fourth-order valence-corrected chi connectivity index (χ4v) is 3.85. The van der Waals surface area contributed by atoms with Crippen molar-refractivity contribution in [3.63, 3.8) is 0 Å². The molecule has 0 radical (unpaired) electrons. The Morgan fingerprint density at radius 2 is 1.75 bits per heavy atom. The second-order valence-corrected chi connectivity index (χ2v) is 10.4. The summed E-state index contributed by atoms with van der Waals surface area (Å²) in [5, 5.41) is 2.94. The Bertz CT molecular complexity index is 752. The molecule has 1 aliphatic heterocycles. The molecule has 3 rings (SSSR count). The molecule has 1 heterocycles. The first-order chi connectivity index (χ1) is 12.7. The molecule has 0 saturated carbocycles. The van der Waals surface area contributed by atoms with E-state index in [0.29, 0.717) is 6.54 Å². The number of amides is 1. The lowest BCUT2D eigenvalue weighted by Crippen LogP contribution is -2.41. The minimum Gasteiger partial charge on any atom is -0.444 e. The highest BCUT2D eigenvalue weighted by atomic mass is 16.7. The molecule has 1 aromatic carbocycles. The van der Waals surface area contributed by atoms with Gasteiger partial charge in [-0.3, -0.25) is 0 Å². The maximum atomic E-state index is 12.1. The van der Waals surface area contributed by atoms with Gasteiger partial charge >= 0.3 is 13.2 Å². The van der Waals surface area contributed by atoms with Crippen molar-refractivity contribution in [1.82, 2.24) is 5.32 Å². The molecule has 2 aliphatic rings. The first-order valence-corrected chi connectivity index (χ1v) is 10.2. The minimum absolute atomic E-state index is 0.0965. The molecule has 6 heteroatoms. The van der Waals surface area contributed by atoms with Crippen LogP contribution in [0.25, 0.3) is 0 Å². The van der Waals surface area contributed by atoms with Crippen LogP contribution in [0.15, 0.2) is 18.2 Å². The molecule has 0 aromatic heterocycles. The van der Waals surface area contributed by atoms with E-state index in [-0.39, 0.29) is 29.8 Å². The lowest BCUT2D eigenvalue weighted by atomic mass is 9.76. The van der Waals surface area contributed by atoms with Crippen LogP contribution in [0.3, 0.4) is 0 Å². The highest BCUT2D eigenvalue weighted by molar-refractivity contribution is 6.62. The highest BCUT2D eigenvalue weighted by Crippen LogP contribution is 2.39. The number of ether oxygens (including phenoxy) is 1. The van der Waals surface area contributed by atoms with E-state index in [1.165, 1.54) is 11.1 Å². The van der Waals surface area contributed by atoms with Crippen molar-refractivity contribution in [2.45, 2.75) is 90.4 Å². The van der Waals surface area contributed by atoms with Crippen molar-refractivity contribution in [2.75, 3.05) is 6.54 Å². The molecule has 28 heavy (non-hydrogen) atoms. The van der Waals surface area contributed by atoms with E-state index in [0.717, 1.165) is 18.3 Å². The standard InChI is InChI=1S/C22H34BNO4/c1-19(2,3)26-18(25)24-14-22(8)12-11-15-13-16(9-10-17(15)22)23-27-20(4,5)21(6,7)28-23/h9-10,13H,11-12,14H2,1-8H3,(H,24,25). The monoisotopic (exact) mass is 387 g/mol. The van der Waals surface area contributed by atoms with Gasteiger partial charge in [-0.25, -0.2) is 4.79 Å². The van der Waals surface area contributed by atoms with Crippen LogP contribution in [0.4, 0.5) is 4.79 Å². The maximum absolute atomic E-state index is 12.1. The fourth-order valence-electron chi connectivity index (χ4n) is 3.85. The zero-order valence-electron chi connectivity index (χ0n) is 18.6. The Morgan fingerprint density at radius 3 is 2.32 bits per heavy atom. The number of fused-ring (bicyclic) bond motifs is 1. The van der Waals surface area contributed by atoms with Gasteiger partial charge in [-0.2, -0.15) is 0 Å². The summed E-state index contributed by atoms with van der Waals surface area (Å²) in [6.07, 6.45) is 1.61. The van der Waals surface area contributed by atoms with Gasteiger partial charge in [0.2, 0.25) is 0 Å². The quantitative estimate of drug-likeness (QED) is 0.804. The summed E-state index contributed by atoms with van der Waals surface area (Å²) in [6.45, 7) is 16.7. The number of alkyl carbamates (subject to hydrolysis) is 1. The number of carbonyl (C=O) groups excluding carboxylic acids is 1. The van der Waals surface area contributed by atoms with Crippen LogP contribution in [0.2, 0.25) is 0 Å². The van der Waals surface area contributed by atoms with Gasteiger partial charge in [0.1, 0.15) is 5.60 Å². The van der Waals surface area contributed by atoms with Crippen LogP contribution in [0, 0.1) is 0 Å². The first kappa shape index (κ1) is 21.2. The third-order valence-electron chi connectivity index (χ3n) is 6.27. The average molecular weight is 387 g/mol.